The Kier molecular flexibility index (Phi) is 5.53. The Morgan fingerprint density at radius 1 is 1.14 bits per heavy atom. The van der Waals surface area contributed by atoms with Crippen molar-refractivity contribution in [3.63, 3.8) is 0 Å². The molecule has 1 amide bonds. The van der Waals surface area contributed by atoms with Crippen LogP contribution in [-0.2, 0) is 6.42 Å². The monoisotopic (exact) mass is 420 g/mol. The molecule has 5 nitrogen and oxygen atoms in total. The number of halogens is 3. The quantitative estimate of drug-likeness (QED) is 0.600. The van der Waals surface area contributed by atoms with E-state index in [4.69, 9.17) is 11.6 Å². The number of hydrogen-bond acceptors (Lipinski definition) is 4. The Balaban J connectivity index is 1.15. The third kappa shape index (κ3) is 4.41. The van der Waals surface area contributed by atoms with E-state index < -0.39 is 12.1 Å². The van der Waals surface area contributed by atoms with Gasteiger partial charge >= 0.3 is 0 Å². The third-order valence-electron chi connectivity index (χ3n) is 5.82. The molecule has 3 fully saturated rings. The van der Waals surface area contributed by atoms with Gasteiger partial charge in [0.2, 0.25) is 0 Å². The second kappa shape index (κ2) is 7.95. The van der Waals surface area contributed by atoms with Gasteiger partial charge in [-0.3, -0.25) is 9.78 Å². The fraction of sp³-hybridized carbons (Fsp3) is 0.476. The molecule has 29 heavy (non-hydrogen) atoms. The molecule has 1 aromatic heterocycles. The molecule has 1 aromatic carbocycles. The first-order chi connectivity index (χ1) is 13.9. The van der Waals surface area contributed by atoms with Gasteiger partial charge in [-0.2, -0.15) is 0 Å². The van der Waals surface area contributed by atoms with Crippen molar-refractivity contribution in [3.8, 4) is 0 Å². The van der Waals surface area contributed by atoms with Crippen LogP contribution in [0, 0.1) is 0 Å². The standard InChI is InChI=1S/C21H23ClF2N4O/c22-15-6-3-5-14(8-15)4-1-2-7-27-20-11-21(12-20,13-20)28-19(29)17-10-25-16(9-26-17)18(23)24/h3,5-6,8-10,18,27H,1-2,4,7,11-13H2,(H,28,29). The first kappa shape index (κ1) is 20.2. The normalized spacial score (nSPS) is 24.7. The highest BCUT2D eigenvalue weighted by molar-refractivity contribution is 6.30. The Hall–Kier alpha value is -2.12. The molecule has 0 radical (unpaired) electrons. The minimum absolute atomic E-state index is 0.0714. The van der Waals surface area contributed by atoms with E-state index in [0.29, 0.717) is 0 Å². The van der Waals surface area contributed by atoms with E-state index in [9.17, 15) is 13.6 Å². The Morgan fingerprint density at radius 3 is 2.59 bits per heavy atom. The number of rotatable bonds is 9. The summed E-state index contributed by atoms with van der Waals surface area (Å²) in [6.07, 6.45) is 5.24. The van der Waals surface area contributed by atoms with Crippen molar-refractivity contribution in [2.45, 2.75) is 56.0 Å². The molecule has 0 atom stereocenters. The van der Waals surface area contributed by atoms with Crippen molar-refractivity contribution < 1.29 is 13.6 Å². The topological polar surface area (TPSA) is 66.9 Å². The number of carbonyl (C=O) groups is 1. The number of amides is 1. The lowest BCUT2D eigenvalue weighted by atomic mass is 9.44. The first-order valence-electron chi connectivity index (χ1n) is 9.81. The molecule has 0 aliphatic heterocycles. The van der Waals surface area contributed by atoms with Gasteiger partial charge in [0.05, 0.1) is 12.4 Å². The van der Waals surface area contributed by atoms with Crippen LogP contribution in [0.15, 0.2) is 36.7 Å². The zero-order valence-corrected chi connectivity index (χ0v) is 16.7. The van der Waals surface area contributed by atoms with Crippen molar-refractivity contribution in [1.82, 2.24) is 20.6 Å². The molecule has 2 bridgehead atoms. The number of aryl methyl sites for hydroxylation is 1. The van der Waals surface area contributed by atoms with E-state index >= 15 is 0 Å². The van der Waals surface area contributed by atoms with Gasteiger partial charge < -0.3 is 10.6 Å². The zero-order valence-electron chi connectivity index (χ0n) is 15.9. The Bertz CT molecular complexity index is 871. The fourth-order valence-corrected chi connectivity index (χ4v) is 4.69. The van der Waals surface area contributed by atoms with E-state index in [1.54, 1.807) is 0 Å². The van der Waals surface area contributed by atoms with Gasteiger partial charge in [-0.15, -0.1) is 0 Å². The van der Waals surface area contributed by atoms with Gasteiger partial charge in [0.1, 0.15) is 11.4 Å². The summed E-state index contributed by atoms with van der Waals surface area (Å²) in [5, 5.41) is 7.40. The van der Waals surface area contributed by atoms with Gasteiger partial charge in [0.25, 0.3) is 12.3 Å². The molecule has 2 N–H and O–H groups in total. The highest BCUT2D eigenvalue weighted by Crippen LogP contribution is 2.60. The summed E-state index contributed by atoms with van der Waals surface area (Å²) < 4.78 is 25.0. The van der Waals surface area contributed by atoms with Crippen LogP contribution in [0.25, 0.3) is 0 Å². The molecule has 0 spiro atoms. The lowest BCUT2D eigenvalue weighted by molar-refractivity contribution is -0.0973. The number of nitrogens with one attached hydrogen (secondary N) is 2. The maximum Gasteiger partial charge on any atom is 0.281 e. The maximum absolute atomic E-state index is 12.5. The van der Waals surface area contributed by atoms with Crippen LogP contribution in [0.4, 0.5) is 8.78 Å². The number of alkyl halides is 2. The number of aromatic nitrogens is 2. The van der Waals surface area contributed by atoms with Crippen molar-refractivity contribution in [2.24, 2.45) is 0 Å². The maximum atomic E-state index is 12.5. The third-order valence-corrected chi connectivity index (χ3v) is 6.05. The highest BCUT2D eigenvalue weighted by Gasteiger charge is 2.68. The lowest BCUT2D eigenvalue weighted by Crippen LogP contribution is -2.83. The molecule has 0 saturated heterocycles. The molecule has 3 saturated carbocycles. The summed E-state index contributed by atoms with van der Waals surface area (Å²) in [6.45, 7) is 0.950. The zero-order chi connectivity index (χ0) is 20.5. The van der Waals surface area contributed by atoms with Crippen LogP contribution >= 0.6 is 11.6 Å². The van der Waals surface area contributed by atoms with E-state index in [2.05, 4.69) is 26.7 Å². The second-order valence-electron chi connectivity index (χ2n) is 8.19. The van der Waals surface area contributed by atoms with Gasteiger partial charge in [0.15, 0.2) is 0 Å². The average Bonchev–Trinajstić information content (AvgIpc) is 2.64. The van der Waals surface area contributed by atoms with E-state index in [0.717, 1.165) is 62.5 Å². The predicted molar refractivity (Wildman–Crippen MR) is 106 cm³/mol. The van der Waals surface area contributed by atoms with E-state index in [-0.39, 0.29) is 22.7 Å². The summed E-state index contributed by atoms with van der Waals surface area (Å²) in [5.74, 6) is -0.354. The smallest absolute Gasteiger partial charge is 0.281 e. The molecule has 154 valence electrons. The summed E-state index contributed by atoms with van der Waals surface area (Å²) in [6, 6.07) is 7.96. The van der Waals surface area contributed by atoms with Gasteiger partial charge in [-0.05, 0) is 62.8 Å². The van der Waals surface area contributed by atoms with Crippen LogP contribution in [-0.4, -0.2) is 33.5 Å². The molecule has 2 aromatic rings. The SMILES string of the molecule is O=C(NC12CC(NCCCCc3cccc(Cl)c3)(C1)C2)c1cnc(C(F)F)cn1. The number of nitrogens with zero attached hydrogens (tertiary/aromatic N) is 2. The van der Waals surface area contributed by atoms with Gasteiger partial charge in [0, 0.05) is 16.1 Å². The number of hydrogen-bond donors (Lipinski definition) is 2. The van der Waals surface area contributed by atoms with Gasteiger partial charge in [-0.25, -0.2) is 13.8 Å². The van der Waals surface area contributed by atoms with Crippen LogP contribution < -0.4 is 10.6 Å². The summed E-state index contributed by atoms with van der Waals surface area (Å²) >= 11 is 6.00. The number of benzene rings is 1. The van der Waals surface area contributed by atoms with Gasteiger partial charge in [-0.1, -0.05) is 23.7 Å². The molecular formula is C21H23ClF2N4O. The van der Waals surface area contributed by atoms with Crippen LogP contribution in [0.1, 0.15) is 60.3 Å². The molecule has 3 aliphatic carbocycles. The predicted octanol–water partition coefficient (Wildman–Crippen LogP) is 4.09. The Morgan fingerprint density at radius 2 is 1.93 bits per heavy atom. The van der Waals surface area contributed by atoms with Crippen molar-refractivity contribution in [2.75, 3.05) is 6.54 Å². The largest absolute Gasteiger partial charge is 0.345 e. The van der Waals surface area contributed by atoms with Crippen LogP contribution in [0.3, 0.4) is 0 Å². The van der Waals surface area contributed by atoms with E-state index in [1.165, 1.54) is 5.56 Å². The number of unbranched alkanes of at least 4 members (excludes halogenated alkanes) is 1. The minimum Gasteiger partial charge on any atom is -0.345 e. The molecule has 5 rings (SSSR count). The summed E-state index contributed by atoms with van der Waals surface area (Å²) in [5.41, 5.74) is 0.852. The molecular weight excluding hydrogens is 398 g/mol. The fourth-order valence-electron chi connectivity index (χ4n) is 4.48. The second-order valence-corrected chi connectivity index (χ2v) is 8.62. The van der Waals surface area contributed by atoms with Crippen molar-refractivity contribution in [3.05, 3.63) is 58.6 Å². The average molecular weight is 421 g/mol. The molecule has 8 heteroatoms. The van der Waals surface area contributed by atoms with E-state index in [1.807, 2.05) is 18.2 Å². The first-order valence-corrected chi connectivity index (χ1v) is 10.2. The van der Waals surface area contributed by atoms with Crippen LogP contribution in [0.5, 0.6) is 0 Å². The van der Waals surface area contributed by atoms with Crippen molar-refractivity contribution in [1.29, 1.82) is 0 Å². The van der Waals surface area contributed by atoms with Crippen molar-refractivity contribution >= 4 is 17.5 Å². The lowest BCUT2D eigenvalue weighted by Gasteiger charge is -2.70. The highest BCUT2D eigenvalue weighted by atomic mass is 35.5. The molecule has 0 unspecified atom stereocenters. The Labute approximate surface area is 173 Å². The number of carbonyl (C=O) groups excluding carboxylic acids is 1. The van der Waals surface area contributed by atoms with Crippen LogP contribution in [0.2, 0.25) is 5.02 Å². The summed E-state index contributed by atoms with van der Waals surface area (Å²) in [7, 11) is 0. The summed E-state index contributed by atoms with van der Waals surface area (Å²) in [4.78, 5) is 19.7. The minimum atomic E-state index is -2.69. The molecule has 1 heterocycles. The molecule has 3 aliphatic rings.